The maximum Gasteiger partial charge on any atom is 0.336 e. The first-order valence-corrected chi connectivity index (χ1v) is 7.13. The molecular weight excluding hydrogens is 314 g/mol. The molecule has 118 valence electrons. The molecule has 0 aliphatic carbocycles. The summed E-state index contributed by atoms with van der Waals surface area (Å²) in [5, 5.41) is 16.4. The second-order valence-electron chi connectivity index (χ2n) is 4.42. The quantitative estimate of drug-likeness (QED) is 0.327. The molecule has 6 nitrogen and oxygen atoms in total. The first-order valence-electron chi connectivity index (χ1n) is 6.72. The lowest BCUT2D eigenvalue weighted by Crippen LogP contribution is -2.31. The van der Waals surface area contributed by atoms with Crippen LogP contribution in [0.25, 0.3) is 11.3 Å². The van der Waals surface area contributed by atoms with Gasteiger partial charge in [-0.1, -0.05) is 24.3 Å². The Balaban J connectivity index is 2.08. The molecule has 0 bridgehead atoms. The van der Waals surface area contributed by atoms with E-state index in [-0.39, 0.29) is 5.56 Å². The zero-order valence-electron chi connectivity index (χ0n) is 12.2. The summed E-state index contributed by atoms with van der Waals surface area (Å²) >= 11 is 4.98. The maximum absolute atomic E-state index is 11.2. The van der Waals surface area contributed by atoms with Crippen LogP contribution in [-0.2, 0) is 0 Å². The van der Waals surface area contributed by atoms with E-state index < -0.39 is 5.97 Å². The molecule has 23 heavy (non-hydrogen) atoms. The molecule has 0 amide bonds. The molecule has 1 heterocycles. The Labute approximate surface area is 138 Å². The molecule has 0 aliphatic rings. The smallest absolute Gasteiger partial charge is 0.336 e. The van der Waals surface area contributed by atoms with Crippen molar-refractivity contribution in [3.63, 3.8) is 0 Å². The van der Waals surface area contributed by atoms with E-state index in [1.54, 1.807) is 36.4 Å². The fraction of sp³-hybridized carbons (Fsp3) is 0.0625. The Morgan fingerprint density at radius 2 is 2.13 bits per heavy atom. The topological polar surface area (TPSA) is 86.9 Å². The van der Waals surface area contributed by atoms with E-state index >= 15 is 0 Å². The minimum Gasteiger partial charge on any atom is -0.478 e. The number of aromatic carboxylic acids is 1. The number of carboxylic acids is 1. The first kappa shape index (κ1) is 16.4. The van der Waals surface area contributed by atoms with E-state index in [1.165, 1.54) is 12.3 Å². The minimum absolute atomic E-state index is 0.179. The number of thiocarbonyl (C=S) groups is 1. The molecule has 2 aromatic rings. The first-order chi connectivity index (χ1) is 11.1. The zero-order chi connectivity index (χ0) is 16.7. The molecule has 0 saturated heterocycles. The van der Waals surface area contributed by atoms with E-state index in [4.69, 9.17) is 16.6 Å². The van der Waals surface area contributed by atoms with Crippen LogP contribution in [0.1, 0.15) is 16.1 Å². The molecule has 1 aromatic carbocycles. The molecule has 1 aromatic heterocycles. The van der Waals surface area contributed by atoms with Gasteiger partial charge >= 0.3 is 5.97 Å². The van der Waals surface area contributed by atoms with Crippen LogP contribution in [0.15, 0.2) is 58.6 Å². The van der Waals surface area contributed by atoms with Crippen molar-refractivity contribution in [2.75, 3.05) is 6.54 Å². The van der Waals surface area contributed by atoms with Crippen molar-refractivity contribution in [2.24, 2.45) is 5.10 Å². The van der Waals surface area contributed by atoms with Gasteiger partial charge in [-0.3, -0.25) is 5.43 Å². The number of rotatable bonds is 6. The highest BCUT2D eigenvalue weighted by Gasteiger charge is 2.13. The average Bonchev–Trinajstić information content (AvgIpc) is 3.01. The van der Waals surface area contributed by atoms with Crippen LogP contribution in [0.2, 0.25) is 0 Å². The summed E-state index contributed by atoms with van der Waals surface area (Å²) in [6.07, 6.45) is 3.13. The molecule has 3 N–H and O–H groups in total. The van der Waals surface area contributed by atoms with E-state index in [0.29, 0.717) is 28.7 Å². The lowest BCUT2D eigenvalue weighted by molar-refractivity contribution is 0.0697. The average molecular weight is 329 g/mol. The van der Waals surface area contributed by atoms with Crippen molar-refractivity contribution in [1.29, 1.82) is 0 Å². The monoisotopic (exact) mass is 329 g/mol. The molecule has 2 rings (SSSR count). The van der Waals surface area contributed by atoms with E-state index in [9.17, 15) is 9.90 Å². The van der Waals surface area contributed by atoms with Gasteiger partial charge in [-0.2, -0.15) is 5.10 Å². The van der Waals surface area contributed by atoms with Crippen molar-refractivity contribution >= 4 is 29.5 Å². The normalized spacial score (nSPS) is 10.4. The van der Waals surface area contributed by atoms with Crippen molar-refractivity contribution in [1.82, 2.24) is 10.7 Å². The standard InChI is InChI=1S/C16H15N3O3S/c1-2-9-17-16(23)19-18-10-11-7-8-14(22-11)12-5-3-4-6-13(12)15(20)21/h2-8,10H,1,9H2,(H,20,21)(H2,17,19,23)/b18-10-. The second-order valence-corrected chi connectivity index (χ2v) is 4.83. The predicted octanol–water partition coefficient (Wildman–Crippen LogP) is 2.63. The van der Waals surface area contributed by atoms with E-state index in [2.05, 4.69) is 22.4 Å². The van der Waals surface area contributed by atoms with Crippen molar-refractivity contribution in [2.45, 2.75) is 0 Å². The molecule has 0 fully saturated rings. The highest BCUT2D eigenvalue weighted by atomic mass is 32.1. The summed E-state index contributed by atoms with van der Waals surface area (Å²) in [4.78, 5) is 11.2. The zero-order valence-corrected chi connectivity index (χ0v) is 13.0. The number of nitrogens with one attached hydrogen (secondary N) is 2. The summed E-state index contributed by atoms with van der Waals surface area (Å²) in [6, 6.07) is 10.0. The second kappa shape index (κ2) is 7.90. The van der Waals surface area contributed by atoms with Crippen LogP contribution >= 0.6 is 12.2 Å². The van der Waals surface area contributed by atoms with Crippen molar-refractivity contribution < 1.29 is 14.3 Å². The molecule has 0 aliphatic heterocycles. The van der Waals surface area contributed by atoms with Crippen LogP contribution in [-0.4, -0.2) is 28.9 Å². The van der Waals surface area contributed by atoms with Crippen LogP contribution < -0.4 is 10.7 Å². The van der Waals surface area contributed by atoms with Crippen LogP contribution in [0.5, 0.6) is 0 Å². The van der Waals surface area contributed by atoms with Crippen LogP contribution in [0.3, 0.4) is 0 Å². The summed E-state index contributed by atoms with van der Waals surface area (Å²) in [7, 11) is 0. The molecule has 0 spiro atoms. The Kier molecular flexibility index (Phi) is 5.65. The highest BCUT2D eigenvalue weighted by Crippen LogP contribution is 2.25. The van der Waals surface area contributed by atoms with Gasteiger partial charge in [0.25, 0.3) is 0 Å². The van der Waals surface area contributed by atoms with Gasteiger partial charge in [0.05, 0.1) is 11.8 Å². The number of hydrazone groups is 1. The van der Waals surface area contributed by atoms with E-state index in [0.717, 1.165) is 0 Å². The molecule has 7 heteroatoms. The fourth-order valence-electron chi connectivity index (χ4n) is 1.81. The molecule has 0 atom stereocenters. The highest BCUT2D eigenvalue weighted by molar-refractivity contribution is 7.80. The van der Waals surface area contributed by atoms with Crippen molar-refractivity contribution in [3.8, 4) is 11.3 Å². The molecule has 0 radical (unpaired) electrons. The maximum atomic E-state index is 11.2. The Morgan fingerprint density at radius 3 is 2.87 bits per heavy atom. The minimum atomic E-state index is -1.01. The summed E-state index contributed by atoms with van der Waals surface area (Å²) in [5.41, 5.74) is 3.32. The lowest BCUT2D eigenvalue weighted by Gasteiger charge is -2.03. The predicted molar refractivity (Wildman–Crippen MR) is 92.6 cm³/mol. The van der Waals surface area contributed by atoms with Gasteiger partial charge < -0.3 is 14.8 Å². The van der Waals surface area contributed by atoms with Crippen molar-refractivity contribution in [3.05, 3.63) is 60.4 Å². The molecule has 0 saturated carbocycles. The van der Waals surface area contributed by atoms with E-state index in [1.807, 2.05) is 0 Å². The number of nitrogens with zero attached hydrogens (tertiary/aromatic N) is 1. The van der Waals surface area contributed by atoms with Crippen LogP contribution in [0.4, 0.5) is 0 Å². The lowest BCUT2D eigenvalue weighted by atomic mass is 10.1. The summed E-state index contributed by atoms with van der Waals surface area (Å²) in [5.74, 6) is -0.0800. The van der Waals surface area contributed by atoms with Gasteiger partial charge in [-0.05, 0) is 30.4 Å². The number of hydrogen-bond donors (Lipinski definition) is 3. The summed E-state index contributed by atoms with van der Waals surface area (Å²) < 4.78 is 5.59. The third kappa shape index (κ3) is 4.52. The number of carbonyl (C=O) groups is 1. The molecular formula is C16H15N3O3S. The number of benzene rings is 1. The van der Waals surface area contributed by atoms with Gasteiger partial charge in [0.1, 0.15) is 11.5 Å². The number of carboxylic acid groups (broad SMARTS) is 1. The van der Waals surface area contributed by atoms with Gasteiger partial charge in [0.15, 0.2) is 5.11 Å². The fourth-order valence-corrected chi connectivity index (χ4v) is 1.95. The largest absolute Gasteiger partial charge is 0.478 e. The van der Waals surface area contributed by atoms with Gasteiger partial charge in [-0.15, -0.1) is 6.58 Å². The van der Waals surface area contributed by atoms with Gasteiger partial charge in [-0.25, -0.2) is 4.79 Å². The van der Waals surface area contributed by atoms with Gasteiger partial charge in [0, 0.05) is 12.1 Å². The number of hydrogen-bond acceptors (Lipinski definition) is 4. The Morgan fingerprint density at radius 1 is 1.35 bits per heavy atom. The SMILES string of the molecule is C=CCNC(=S)N/N=C\c1ccc(-c2ccccc2C(=O)O)o1. The third-order valence-electron chi connectivity index (χ3n) is 2.81. The number of furan rings is 1. The molecule has 0 unspecified atom stereocenters. The summed E-state index contributed by atoms with van der Waals surface area (Å²) in [6.45, 7) is 4.11. The van der Waals surface area contributed by atoms with Crippen LogP contribution in [0, 0.1) is 0 Å². The third-order valence-corrected chi connectivity index (χ3v) is 3.05. The van der Waals surface area contributed by atoms with Gasteiger partial charge in [0.2, 0.25) is 0 Å². The Bertz CT molecular complexity index is 753. The Hall–Kier alpha value is -2.93.